The van der Waals surface area contributed by atoms with Crippen LogP contribution in [0.1, 0.15) is 5.69 Å². The van der Waals surface area contributed by atoms with Gasteiger partial charge in [0.15, 0.2) is 5.69 Å². The Morgan fingerprint density at radius 2 is 1.76 bits per heavy atom. The van der Waals surface area contributed by atoms with Crippen molar-refractivity contribution in [1.82, 2.24) is 9.78 Å². The molecule has 17 heavy (non-hydrogen) atoms. The van der Waals surface area contributed by atoms with Crippen LogP contribution in [0.25, 0.3) is 5.69 Å². The molecule has 0 amide bonds. The molecule has 2 aromatic rings. The summed E-state index contributed by atoms with van der Waals surface area (Å²) in [6.07, 6.45) is -4.53. The van der Waals surface area contributed by atoms with Gasteiger partial charge in [0.1, 0.15) is 5.15 Å². The Morgan fingerprint density at radius 3 is 2.29 bits per heavy atom. The molecular weight excluding hydrogens is 276 g/mol. The maximum Gasteiger partial charge on any atom is 0.435 e. The number of para-hydroxylation sites is 1. The Kier molecular flexibility index (Phi) is 3.05. The summed E-state index contributed by atoms with van der Waals surface area (Å²) >= 11 is 11.6. The summed E-state index contributed by atoms with van der Waals surface area (Å²) in [5.74, 6) is 0. The summed E-state index contributed by atoms with van der Waals surface area (Å²) < 4.78 is 38.2. The largest absolute Gasteiger partial charge is 0.435 e. The van der Waals surface area contributed by atoms with Gasteiger partial charge in [-0.1, -0.05) is 35.3 Å². The lowest BCUT2D eigenvalue weighted by Crippen LogP contribution is -2.07. The Hall–Kier alpha value is -1.20. The highest BCUT2D eigenvalue weighted by molar-refractivity contribution is 6.33. The molecule has 0 saturated carbocycles. The monoisotopic (exact) mass is 280 g/mol. The van der Waals surface area contributed by atoms with E-state index in [4.69, 9.17) is 23.2 Å². The Bertz CT molecular complexity index is 549. The first-order valence-corrected chi connectivity index (χ1v) is 5.23. The van der Waals surface area contributed by atoms with E-state index in [2.05, 4.69) is 5.10 Å². The average Bonchev–Trinajstić information content (AvgIpc) is 2.61. The standard InChI is InChI=1S/C10H5Cl2F3N2/c11-6-3-1-2-4-7(6)17-9(12)5-8(16-17)10(13,14)15/h1-5H. The average molecular weight is 281 g/mol. The third kappa shape index (κ3) is 2.40. The van der Waals surface area contributed by atoms with E-state index in [1.54, 1.807) is 18.2 Å². The van der Waals surface area contributed by atoms with Crippen LogP contribution in [0.3, 0.4) is 0 Å². The molecular formula is C10H5Cl2F3N2. The summed E-state index contributed by atoms with van der Waals surface area (Å²) in [5.41, 5.74) is -0.753. The molecule has 2 nitrogen and oxygen atoms in total. The zero-order valence-corrected chi connectivity index (χ0v) is 9.68. The van der Waals surface area contributed by atoms with E-state index in [0.717, 1.165) is 10.7 Å². The number of rotatable bonds is 1. The number of aromatic nitrogens is 2. The lowest BCUT2D eigenvalue weighted by Gasteiger charge is -2.05. The Labute approximate surface area is 105 Å². The summed E-state index contributed by atoms with van der Waals surface area (Å²) in [6.45, 7) is 0. The zero-order chi connectivity index (χ0) is 12.6. The minimum Gasteiger partial charge on any atom is -0.220 e. The molecule has 7 heteroatoms. The fraction of sp³-hybridized carbons (Fsp3) is 0.100. The molecule has 0 radical (unpaired) electrons. The van der Waals surface area contributed by atoms with Crippen LogP contribution in [-0.4, -0.2) is 9.78 Å². The smallest absolute Gasteiger partial charge is 0.220 e. The fourth-order valence-corrected chi connectivity index (χ4v) is 1.74. The first kappa shape index (κ1) is 12.3. The number of hydrogen-bond donors (Lipinski definition) is 0. The number of hydrogen-bond acceptors (Lipinski definition) is 1. The molecule has 0 N–H and O–H groups in total. The Morgan fingerprint density at radius 1 is 1.12 bits per heavy atom. The van der Waals surface area contributed by atoms with E-state index in [-0.39, 0.29) is 10.2 Å². The third-order valence-electron chi connectivity index (χ3n) is 2.04. The van der Waals surface area contributed by atoms with Crippen LogP contribution in [0, 0.1) is 0 Å². The van der Waals surface area contributed by atoms with Crippen LogP contribution in [0.4, 0.5) is 13.2 Å². The zero-order valence-electron chi connectivity index (χ0n) is 8.17. The van der Waals surface area contributed by atoms with Crippen molar-refractivity contribution >= 4 is 23.2 Å². The van der Waals surface area contributed by atoms with Crippen molar-refractivity contribution in [2.45, 2.75) is 6.18 Å². The van der Waals surface area contributed by atoms with E-state index >= 15 is 0 Å². The summed E-state index contributed by atoms with van der Waals surface area (Å²) in [7, 11) is 0. The molecule has 0 saturated heterocycles. The molecule has 0 atom stereocenters. The van der Waals surface area contributed by atoms with Crippen LogP contribution in [-0.2, 0) is 6.18 Å². The van der Waals surface area contributed by atoms with Crippen LogP contribution in [0.2, 0.25) is 10.2 Å². The van der Waals surface area contributed by atoms with Crippen molar-refractivity contribution in [2.75, 3.05) is 0 Å². The van der Waals surface area contributed by atoms with Crippen molar-refractivity contribution in [3.63, 3.8) is 0 Å². The minimum atomic E-state index is -4.53. The predicted octanol–water partition coefficient (Wildman–Crippen LogP) is 4.20. The van der Waals surface area contributed by atoms with Gasteiger partial charge in [-0.25, -0.2) is 4.68 Å². The van der Waals surface area contributed by atoms with E-state index in [1.807, 2.05) is 0 Å². The second-order valence-corrected chi connectivity index (χ2v) is 4.01. The highest BCUT2D eigenvalue weighted by Crippen LogP contribution is 2.32. The molecule has 2 rings (SSSR count). The molecule has 0 bridgehead atoms. The summed E-state index contributed by atoms with van der Waals surface area (Å²) in [5, 5.41) is 3.51. The van der Waals surface area contributed by atoms with Crippen molar-refractivity contribution in [3.05, 3.63) is 46.2 Å². The minimum absolute atomic E-state index is 0.148. The quantitative estimate of drug-likeness (QED) is 0.766. The highest BCUT2D eigenvalue weighted by atomic mass is 35.5. The van der Waals surface area contributed by atoms with Crippen molar-refractivity contribution in [3.8, 4) is 5.69 Å². The Balaban J connectivity index is 2.55. The van der Waals surface area contributed by atoms with E-state index in [0.29, 0.717) is 5.69 Å². The van der Waals surface area contributed by atoms with Gasteiger partial charge in [-0.3, -0.25) is 0 Å². The number of benzene rings is 1. The molecule has 0 aliphatic heterocycles. The van der Waals surface area contributed by atoms with Crippen LogP contribution < -0.4 is 0 Å². The maximum atomic E-state index is 12.4. The number of halogens is 5. The molecule has 0 unspecified atom stereocenters. The molecule has 0 fully saturated rings. The van der Waals surface area contributed by atoms with Crippen LogP contribution in [0.5, 0.6) is 0 Å². The molecule has 1 aromatic heterocycles. The topological polar surface area (TPSA) is 17.8 Å². The maximum absolute atomic E-state index is 12.4. The van der Waals surface area contributed by atoms with Crippen LogP contribution >= 0.6 is 23.2 Å². The lowest BCUT2D eigenvalue weighted by atomic mass is 10.3. The molecule has 1 heterocycles. The van der Waals surface area contributed by atoms with Crippen molar-refractivity contribution < 1.29 is 13.2 Å². The third-order valence-corrected chi connectivity index (χ3v) is 2.63. The van der Waals surface area contributed by atoms with Gasteiger partial charge in [0.25, 0.3) is 0 Å². The molecule has 0 aliphatic rings. The van der Waals surface area contributed by atoms with Gasteiger partial charge in [0.2, 0.25) is 0 Å². The fourth-order valence-electron chi connectivity index (χ4n) is 1.29. The highest BCUT2D eigenvalue weighted by Gasteiger charge is 2.35. The molecule has 90 valence electrons. The lowest BCUT2D eigenvalue weighted by molar-refractivity contribution is -0.141. The van der Waals surface area contributed by atoms with E-state index in [9.17, 15) is 13.2 Å². The first-order chi connectivity index (χ1) is 7.89. The van der Waals surface area contributed by atoms with Gasteiger partial charge in [0.05, 0.1) is 10.7 Å². The van der Waals surface area contributed by atoms with E-state index in [1.165, 1.54) is 6.07 Å². The normalized spacial score (nSPS) is 11.8. The van der Waals surface area contributed by atoms with Gasteiger partial charge in [0, 0.05) is 6.07 Å². The van der Waals surface area contributed by atoms with Gasteiger partial charge in [-0.15, -0.1) is 0 Å². The number of nitrogens with zero attached hydrogens (tertiary/aromatic N) is 2. The second kappa shape index (κ2) is 4.23. The van der Waals surface area contributed by atoms with Crippen LogP contribution in [0.15, 0.2) is 30.3 Å². The molecule has 0 spiro atoms. The summed E-state index contributed by atoms with van der Waals surface area (Å²) in [6, 6.07) is 7.12. The SMILES string of the molecule is FC(F)(F)c1cc(Cl)n(-c2ccccc2Cl)n1. The second-order valence-electron chi connectivity index (χ2n) is 3.21. The van der Waals surface area contributed by atoms with Crippen molar-refractivity contribution in [2.24, 2.45) is 0 Å². The van der Waals surface area contributed by atoms with Gasteiger partial charge < -0.3 is 0 Å². The predicted molar refractivity (Wildman–Crippen MR) is 58.6 cm³/mol. The summed E-state index contributed by atoms with van der Waals surface area (Å²) in [4.78, 5) is 0. The number of alkyl halides is 3. The van der Waals surface area contributed by atoms with Gasteiger partial charge >= 0.3 is 6.18 Å². The van der Waals surface area contributed by atoms with E-state index < -0.39 is 11.9 Å². The molecule has 0 aliphatic carbocycles. The first-order valence-electron chi connectivity index (χ1n) is 4.47. The molecule has 1 aromatic carbocycles. The van der Waals surface area contributed by atoms with Gasteiger partial charge in [-0.2, -0.15) is 18.3 Å². The van der Waals surface area contributed by atoms with Gasteiger partial charge in [-0.05, 0) is 12.1 Å². The van der Waals surface area contributed by atoms with Crippen molar-refractivity contribution in [1.29, 1.82) is 0 Å².